The lowest BCUT2D eigenvalue weighted by atomic mass is 9.64. The molecule has 0 heteroatoms. The van der Waals surface area contributed by atoms with Crippen LogP contribution < -0.4 is 0 Å². The Morgan fingerprint density at radius 3 is 2.18 bits per heavy atom. The van der Waals surface area contributed by atoms with Gasteiger partial charge in [-0.05, 0) is 42.4 Å². The van der Waals surface area contributed by atoms with Crippen LogP contribution in [0.5, 0.6) is 0 Å². The second-order valence-electron chi connectivity index (χ2n) is 7.21. The molecular weight excluding hydrogens is 204 g/mol. The maximum absolute atomic E-state index is 2.61. The van der Waals surface area contributed by atoms with Gasteiger partial charge in [0.05, 0.1) is 0 Å². The van der Waals surface area contributed by atoms with E-state index in [1.54, 1.807) is 51.4 Å². The van der Waals surface area contributed by atoms with E-state index in [9.17, 15) is 0 Å². The van der Waals surface area contributed by atoms with E-state index in [0.29, 0.717) is 0 Å². The van der Waals surface area contributed by atoms with Gasteiger partial charge in [0.15, 0.2) is 0 Å². The third-order valence-electron chi connectivity index (χ3n) is 6.45. The summed E-state index contributed by atoms with van der Waals surface area (Å²) in [5, 5.41) is 0. The topological polar surface area (TPSA) is 0 Å². The van der Waals surface area contributed by atoms with E-state index in [1.165, 1.54) is 19.3 Å². The SMILES string of the molecule is CC(C1CCCCC1)C1CCCC2CCCC21. The maximum Gasteiger partial charge on any atom is -0.0355 e. The zero-order chi connectivity index (χ0) is 11.7. The van der Waals surface area contributed by atoms with Crippen LogP contribution in [-0.2, 0) is 0 Å². The summed E-state index contributed by atoms with van der Waals surface area (Å²) in [4.78, 5) is 0. The highest BCUT2D eigenvalue weighted by Gasteiger charge is 2.40. The van der Waals surface area contributed by atoms with Gasteiger partial charge in [-0.1, -0.05) is 64.7 Å². The molecule has 0 nitrogen and oxygen atoms in total. The van der Waals surface area contributed by atoms with Gasteiger partial charge in [-0.2, -0.15) is 0 Å². The number of hydrogen-bond acceptors (Lipinski definition) is 0. The molecule has 0 aliphatic heterocycles. The largest absolute Gasteiger partial charge is 0.0620 e. The van der Waals surface area contributed by atoms with Crippen molar-refractivity contribution >= 4 is 0 Å². The Balaban J connectivity index is 1.65. The Kier molecular flexibility index (Phi) is 3.78. The van der Waals surface area contributed by atoms with Crippen molar-refractivity contribution in [2.45, 2.75) is 77.6 Å². The number of rotatable bonds is 2. The van der Waals surface area contributed by atoms with Crippen LogP contribution in [-0.4, -0.2) is 0 Å². The highest BCUT2D eigenvalue weighted by atomic mass is 14.5. The van der Waals surface area contributed by atoms with Crippen LogP contribution in [0.1, 0.15) is 77.6 Å². The first kappa shape index (κ1) is 12.1. The summed E-state index contributed by atoms with van der Waals surface area (Å²) >= 11 is 0. The van der Waals surface area contributed by atoms with Gasteiger partial charge in [0.1, 0.15) is 0 Å². The third-order valence-corrected chi connectivity index (χ3v) is 6.45. The average Bonchev–Trinajstić information content (AvgIpc) is 2.87. The molecule has 4 atom stereocenters. The first-order valence-corrected chi connectivity index (χ1v) is 8.36. The zero-order valence-electron chi connectivity index (χ0n) is 11.7. The molecule has 3 saturated carbocycles. The molecule has 0 radical (unpaired) electrons. The summed E-state index contributed by atoms with van der Waals surface area (Å²) in [6.45, 7) is 2.61. The van der Waals surface area contributed by atoms with Gasteiger partial charge in [-0.15, -0.1) is 0 Å². The normalized spacial score (nSPS) is 41.1. The van der Waals surface area contributed by atoms with Gasteiger partial charge in [-0.3, -0.25) is 0 Å². The number of fused-ring (bicyclic) bond motifs is 1. The van der Waals surface area contributed by atoms with Gasteiger partial charge in [0.25, 0.3) is 0 Å². The van der Waals surface area contributed by atoms with Crippen LogP contribution >= 0.6 is 0 Å². The smallest absolute Gasteiger partial charge is 0.0355 e. The van der Waals surface area contributed by atoms with Crippen molar-refractivity contribution in [2.75, 3.05) is 0 Å². The van der Waals surface area contributed by atoms with Crippen molar-refractivity contribution in [3.8, 4) is 0 Å². The summed E-state index contributed by atoms with van der Waals surface area (Å²) in [7, 11) is 0. The van der Waals surface area contributed by atoms with Crippen LogP contribution in [0.2, 0.25) is 0 Å². The second kappa shape index (κ2) is 5.33. The van der Waals surface area contributed by atoms with Gasteiger partial charge in [0, 0.05) is 0 Å². The van der Waals surface area contributed by atoms with Crippen molar-refractivity contribution in [3.05, 3.63) is 0 Å². The summed E-state index contributed by atoms with van der Waals surface area (Å²) in [5.74, 6) is 5.52. The van der Waals surface area contributed by atoms with Gasteiger partial charge >= 0.3 is 0 Å². The number of hydrogen-bond donors (Lipinski definition) is 0. The van der Waals surface area contributed by atoms with Gasteiger partial charge < -0.3 is 0 Å². The maximum atomic E-state index is 2.61. The lowest BCUT2D eigenvalue weighted by Crippen LogP contribution is -2.33. The summed E-state index contributed by atoms with van der Waals surface area (Å²) < 4.78 is 0. The Morgan fingerprint density at radius 1 is 0.706 bits per heavy atom. The molecule has 17 heavy (non-hydrogen) atoms. The lowest BCUT2D eigenvalue weighted by molar-refractivity contribution is 0.0824. The van der Waals surface area contributed by atoms with Gasteiger partial charge in [-0.25, -0.2) is 0 Å². The van der Waals surface area contributed by atoms with Crippen molar-refractivity contribution in [2.24, 2.45) is 29.6 Å². The lowest BCUT2D eigenvalue weighted by Gasteiger charge is -2.41. The molecule has 3 rings (SSSR count). The van der Waals surface area contributed by atoms with E-state index >= 15 is 0 Å². The quantitative estimate of drug-likeness (QED) is 0.598. The minimum atomic E-state index is 1.04. The molecule has 0 spiro atoms. The molecule has 0 aromatic rings. The molecule has 3 fully saturated rings. The Morgan fingerprint density at radius 2 is 1.41 bits per heavy atom. The minimum absolute atomic E-state index is 1.04. The molecule has 0 saturated heterocycles. The summed E-state index contributed by atoms with van der Waals surface area (Å²) in [6, 6.07) is 0. The molecule has 3 aliphatic carbocycles. The highest BCUT2D eigenvalue weighted by molar-refractivity contribution is 4.90. The fraction of sp³-hybridized carbons (Fsp3) is 1.00. The molecule has 0 aromatic heterocycles. The van der Waals surface area contributed by atoms with Crippen LogP contribution in [0.25, 0.3) is 0 Å². The van der Waals surface area contributed by atoms with Gasteiger partial charge in [0.2, 0.25) is 0 Å². The van der Waals surface area contributed by atoms with E-state index < -0.39 is 0 Å². The minimum Gasteiger partial charge on any atom is -0.0620 e. The van der Waals surface area contributed by atoms with Crippen LogP contribution in [0, 0.1) is 29.6 Å². The standard InChI is InChI=1S/C17H30/c1-13(14-7-3-2-4-8-14)16-11-5-9-15-10-6-12-17(15)16/h13-17H,2-12H2,1H3. The summed E-state index contributed by atoms with van der Waals surface area (Å²) in [6.07, 6.45) is 17.0. The average molecular weight is 234 g/mol. The van der Waals surface area contributed by atoms with E-state index in [1.807, 2.05) is 0 Å². The molecule has 0 amide bonds. The first-order chi connectivity index (χ1) is 8.36. The monoisotopic (exact) mass is 234 g/mol. The molecule has 0 bridgehead atoms. The predicted molar refractivity (Wildman–Crippen MR) is 73.9 cm³/mol. The molecule has 0 heterocycles. The third kappa shape index (κ3) is 2.42. The molecule has 4 unspecified atom stereocenters. The Labute approximate surface area is 108 Å². The van der Waals surface area contributed by atoms with Crippen molar-refractivity contribution in [1.82, 2.24) is 0 Å². The van der Waals surface area contributed by atoms with Crippen LogP contribution in [0.3, 0.4) is 0 Å². The molecule has 0 aromatic carbocycles. The van der Waals surface area contributed by atoms with Crippen molar-refractivity contribution < 1.29 is 0 Å². The highest BCUT2D eigenvalue weighted by Crippen LogP contribution is 2.50. The fourth-order valence-electron chi connectivity index (χ4n) is 5.48. The molecule has 3 aliphatic rings. The predicted octanol–water partition coefficient (Wildman–Crippen LogP) is 5.42. The Bertz CT molecular complexity index is 238. The Hall–Kier alpha value is 0. The molecular formula is C17H30. The second-order valence-corrected chi connectivity index (χ2v) is 7.21. The zero-order valence-corrected chi connectivity index (χ0v) is 11.7. The molecule has 98 valence electrons. The van der Waals surface area contributed by atoms with E-state index in [-0.39, 0.29) is 0 Å². The van der Waals surface area contributed by atoms with E-state index in [0.717, 1.165) is 29.6 Å². The van der Waals surface area contributed by atoms with Crippen LogP contribution in [0.15, 0.2) is 0 Å². The van der Waals surface area contributed by atoms with E-state index in [2.05, 4.69) is 6.92 Å². The first-order valence-electron chi connectivity index (χ1n) is 8.36. The fourth-order valence-corrected chi connectivity index (χ4v) is 5.48. The van der Waals surface area contributed by atoms with Crippen molar-refractivity contribution in [1.29, 1.82) is 0 Å². The summed E-state index contributed by atoms with van der Waals surface area (Å²) in [5.41, 5.74) is 0. The van der Waals surface area contributed by atoms with Crippen molar-refractivity contribution in [3.63, 3.8) is 0 Å². The molecule has 0 N–H and O–H groups in total. The van der Waals surface area contributed by atoms with Crippen LogP contribution in [0.4, 0.5) is 0 Å². The van der Waals surface area contributed by atoms with E-state index in [4.69, 9.17) is 0 Å².